The second-order valence-electron chi connectivity index (χ2n) is 5.97. The topological polar surface area (TPSA) is 43.6 Å². The Morgan fingerprint density at radius 2 is 1.96 bits per heavy atom. The minimum absolute atomic E-state index is 0.148. The maximum absolute atomic E-state index is 12.5. The van der Waals surface area contributed by atoms with E-state index in [1.807, 2.05) is 41.0 Å². The lowest BCUT2D eigenvalue weighted by Gasteiger charge is -2.03. The van der Waals surface area contributed by atoms with Crippen LogP contribution in [0.5, 0.6) is 5.75 Å². The van der Waals surface area contributed by atoms with Gasteiger partial charge in [0.15, 0.2) is 4.80 Å². The zero-order valence-corrected chi connectivity index (χ0v) is 15.9. The second-order valence-corrected chi connectivity index (χ2v) is 6.98. The third-order valence-electron chi connectivity index (χ3n) is 4.21. The van der Waals surface area contributed by atoms with E-state index in [9.17, 15) is 4.79 Å². The Morgan fingerprint density at radius 3 is 2.62 bits per heavy atom. The van der Waals surface area contributed by atoms with Crippen molar-refractivity contribution in [3.8, 4) is 5.75 Å². The lowest BCUT2D eigenvalue weighted by Crippen LogP contribution is -2.16. The summed E-state index contributed by atoms with van der Waals surface area (Å²) < 4.78 is 8.33. The summed E-state index contributed by atoms with van der Waals surface area (Å²) in [6.45, 7) is 6.53. The third-order valence-corrected chi connectivity index (χ3v) is 5.25. The summed E-state index contributed by atoms with van der Waals surface area (Å²) in [7, 11) is 1.64. The third kappa shape index (κ3) is 3.94. The first-order valence-corrected chi connectivity index (χ1v) is 9.40. The number of carbonyl (C=O) groups excluding carboxylic acids is 1. The molecule has 0 bridgehead atoms. The van der Waals surface area contributed by atoms with Crippen LogP contribution in [0.2, 0.25) is 0 Å². The van der Waals surface area contributed by atoms with E-state index in [1.165, 1.54) is 16.9 Å². The van der Waals surface area contributed by atoms with Gasteiger partial charge in [-0.15, -0.1) is 6.58 Å². The Kier molecular flexibility index (Phi) is 5.68. The van der Waals surface area contributed by atoms with Gasteiger partial charge in [-0.05, 0) is 35.7 Å². The van der Waals surface area contributed by atoms with Crippen molar-refractivity contribution >= 4 is 27.5 Å². The predicted octanol–water partition coefficient (Wildman–Crippen LogP) is 4.13. The Labute approximate surface area is 157 Å². The molecule has 0 atom stereocenters. The number of fused-ring (bicyclic) bond motifs is 1. The molecule has 0 fully saturated rings. The summed E-state index contributed by atoms with van der Waals surface area (Å²) in [5, 5.41) is 0. The van der Waals surface area contributed by atoms with Crippen LogP contribution in [0.3, 0.4) is 0 Å². The monoisotopic (exact) mass is 366 g/mol. The van der Waals surface area contributed by atoms with Crippen LogP contribution in [-0.4, -0.2) is 17.6 Å². The van der Waals surface area contributed by atoms with Crippen molar-refractivity contribution < 1.29 is 9.53 Å². The van der Waals surface area contributed by atoms with Gasteiger partial charge in [0, 0.05) is 6.54 Å². The minimum Gasteiger partial charge on any atom is -0.497 e. The molecule has 2 aromatic carbocycles. The first kappa shape index (κ1) is 18.1. The van der Waals surface area contributed by atoms with Crippen LogP contribution in [0, 0.1) is 0 Å². The van der Waals surface area contributed by atoms with E-state index in [4.69, 9.17) is 4.74 Å². The van der Waals surface area contributed by atoms with E-state index in [0.29, 0.717) is 17.8 Å². The summed E-state index contributed by atoms with van der Waals surface area (Å²) in [6, 6.07) is 14.0. The maximum atomic E-state index is 12.5. The van der Waals surface area contributed by atoms with Gasteiger partial charge in [-0.1, -0.05) is 48.6 Å². The molecule has 1 amide bonds. The molecule has 0 N–H and O–H groups in total. The first-order chi connectivity index (χ1) is 12.6. The van der Waals surface area contributed by atoms with Crippen molar-refractivity contribution in [2.24, 2.45) is 4.99 Å². The van der Waals surface area contributed by atoms with Gasteiger partial charge >= 0.3 is 0 Å². The van der Waals surface area contributed by atoms with Gasteiger partial charge in [0.25, 0.3) is 5.91 Å². The van der Waals surface area contributed by atoms with Gasteiger partial charge in [0.2, 0.25) is 0 Å². The molecule has 1 heterocycles. The van der Waals surface area contributed by atoms with Crippen LogP contribution in [0.25, 0.3) is 10.2 Å². The van der Waals surface area contributed by atoms with Crippen LogP contribution in [0.1, 0.15) is 18.1 Å². The molecule has 0 radical (unpaired) electrons. The van der Waals surface area contributed by atoms with Gasteiger partial charge in [0.1, 0.15) is 5.75 Å². The van der Waals surface area contributed by atoms with Crippen molar-refractivity contribution in [1.82, 2.24) is 4.57 Å². The van der Waals surface area contributed by atoms with Gasteiger partial charge < -0.3 is 9.30 Å². The van der Waals surface area contributed by atoms with Crippen molar-refractivity contribution in [3.05, 3.63) is 71.0 Å². The van der Waals surface area contributed by atoms with Crippen LogP contribution < -0.4 is 9.54 Å². The average molecular weight is 366 g/mol. The number of aromatic nitrogens is 1. The summed E-state index contributed by atoms with van der Waals surface area (Å²) in [5.74, 6) is 0.643. The van der Waals surface area contributed by atoms with E-state index in [1.54, 1.807) is 7.11 Å². The van der Waals surface area contributed by atoms with Crippen LogP contribution in [0.4, 0.5) is 0 Å². The number of thiazole rings is 1. The molecular formula is C21H22N2O2S. The highest BCUT2D eigenvalue weighted by Gasteiger charge is 2.09. The highest BCUT2D eigenvalue weighted by atomic mass is 32.1. The fourth-order valence-electron chi connectivity index (χ4n) is 2.79. The van der Waals surface area contributed by atoms with Crippen LogP contribution in [-0.2, 0) is 24.2 Å². The molecule has 0 aliphatic carbocycles. The van der Waals surface area contributed by atoms with Crippen molar-refractivity contribution in [1.29, 1.82) is 0 Å². The number of carbonyl (C=O) groups is 1. The summed E-state index contributed by atoms with van der Waals surface area (Å²) in [6.07, 6.45) is 3.10. The van der Waals surface area contributed by atoms with Crippen LogP contribution >= 0.6 is 11.3 Å². The molecule has 5 heteroatoms. The van der Waals surface area contributed by atoms with E-state index in [-0.39, 0.29) is 5.91 Å². The lowest BCUT2D eigenvalue weighted by molar-refractivity contribution is -0.117. The van der Waals surface area contributed by atoms with E-state index in [2.05, 4.69) is 30.6 Å². The van der Waals surface area contributed by atoms with E-state index in [0.717, 1.165) is 28.0 Å². The number of aryl methyl sites for hydroxylation is 1. The quantitative estimate of drug-likeness (QED) is 0.616. The number of benzene rings is 2. The zero-order chi connectivity index (χ0) is 18.5. The van der Waals surface area contributed by atoms with Gasteiger partial charge in [-0.2, -0.15) is 4.99 Å². The Hall–Kier alpha value is -2.66. The fourth-order valence-corrected chi connectivity index (χ4v) is 3.87. The molecule has 0 saturated carbocycles. The molecule has 4 nitrogen and oxygen atoms in total. The number of nitrogens with zero attached hydrogens (tertiary/aromatic N) is 2. The predicted molar refractivity (Wildman–Crippen MR) is 107 cm³/mol. The van der Waals surface area contributed by atoms with Crippen molar-refractivity contribution in [2.45, 2.75) is 26.3 Å². The normalized spacial score (nSPS) is 11.7. The smallest absolute Gasteiger partial charge is 0.252 e. The molecule has 26 heavy (non-hydrogen) atoms. The number of amides is 1. The number of allylic oxidation sites excluding steroid dienone is 1. The molecule has 3 rings (SSSR count). The van der Waals surface area contributed by atoms with E-state index >= 15 is 0 Å². The Balaban J connectivity index is 1.94. The second kappa shape index (κ2) is 8.15. The summed E-state index contributed by atoms with van der Waals surface area (Å²) in [4.78, 5) is 17.5. The number of hydrogen-bond donors (Lipinski definition) is 0. The van der Waals surface area contributed by atoms with Crippen molar-refractivity contribution in [2.75, 3.05) is 7.11 Å². The molecule has 0 unspecified atom stereocenters. The molecular weight excluding hydrogens is 344 g/mol. The van der Waals surface area contributed by atoms with E-state index < -0.39 is 0 Å². The SMILES string of the molecule is C=CCn1c(=NC(=O)Cc2ccc(CC)cc2)sc2cc(OC)ccc21. The summed E-state index contributed by atoms with van der Waals surface area (Å²) in [5.41, 5.74) is 3.27. The minimum atomic E-state index is -0.148. The van der Waals surface area contributed by atoms with Gasteiger partial charge in [0.05, 0.1) is 23.7 Å². The average Bonchev–Trinajstić information content (AvgIpc) is 2.98. The number of hydrogen-bond acceptors (Lipinski definition) is 3. The molecule has 0 saturated heterocycles. The van der Waals surface area contributed by atoms with Gasteiger partial charge in [-0.3, -0.25) is 4.79 Å². The maximum Gasteiger partial charge on any atom is 0.252 e. The largest absolute Gasteiger partial charge is 0.497 e. The molecule has 0 aliphatic heterocycles. The number of rotatable bonds is 6. The number of ether oxygens (including phenoxy) is 1. The molecule has 0 aliphatic rings. The highest BCUT2D eigenvalue weighted by Crippen LogP contribution is 2.23. The first-order valence-electron chi connectivity index (χ1n) is 8.58. The lowest BCUT2D eigenvalue weighted by atomic mass is 10.1. The Morgan fingerprint density at radius 1 is 1.23 bits per heavy atom. The molecule has 0 spiro atoms. The zero-order valence-electron chi connectivity index (χ0n) is 15.1. The fraction of sp³-hybridized carbons (Fsp3) is 0.238. The van der Waals surface area contributed by atoms with Gasteiger partial charge in [-0.25, -0.2) is 0 Å². The highest BCUT2D eigenvalue weighted by molar-refractivity contribution is 7.16. The number of methoxy groups -OCH3 is 1. The molecule has 3 aromatic rings. The standard InChI is InChI=1S/C21H22N2O2S/c1-4-12-23-18-11-10-17(25-3)14-19(18)26-21(23)22-20(24)13-16-8-6-15(5-2)7-9-16/h4,6-11,14H,1,5,12-13H2,2-3H3. The Bertz CT molecular complexity index is 997. The summed E-state index contributed by atoms with van der Waals surface area (Å²) >= 11 is 1.49. The van der Waals surface area contributed by atoms with Crippen LogP contribution in [0.15, 0.2) is 60.1 Å². The molecule has 134 valence electrons. The molecule has 1 aromatic heterocycles. The van der Waals surface area contributed by atoms with Crippen molar-refractivity contribution in [3.63, 3.8) is 0 Å².